The van der Waals surface area contributed by atoms with Gasteiger partial charge in [0.25, 0.3) is 0 Å². The second-order valence-electron chi connectivity index (χ2n) is 7.32. The van der Waals surface area contributed by atoms with Crippen molar-refractivity contribution in [3.8, 4) is 23.0 Å². The molecule has 4 aromatic rings. The summed E-state index contributed by atoms with van der Waals surface area (Å²) in [5.74, 6) is 7.27. The molecule has 142 valence electrons. The molecule has 5 heteroatoms. The van der Waals surface area contributed by atoms with E-state index < -0.39 is 0 Å². The summed E-state index contributed by atoms with van der Waals surface area (Å²) in [6, 6.07) is 18.4. The monoisotopic (exact) mass is 398 g/mol. The van der Waals surface area contributed by atoms with E-state index >= 15 is 0 Å². The smallest absolute Gasteiger partial charge is 0.203 e. The number of rotatable bonds is 3. The number of H-pyrrole nitrogens is 1. The molecule has 4 nitrogen and oxygen atoms in total. The Balaban J connectivity index is 1.36. The topological polar surface area (TPSA) is 44.8 Å². The summed E-state index contributed by atoms with van der Waals surface area (Å²) in [4.78, 5) is 14.8. The van der Waals surface area contributed by atoms with Crippen molar-refractivity contribution in [1.82, 2.24) is 15.0 Å². The van der Waals surface area contributed by atoms with Crippen LogP contribution in [0.5, 0.6) is 0 Å². The highest BCUT2D eigenvalue weighted by Crippen LogP contribution is 2.29. The van der Waals surface area contributed by atoms with Crippen molar-refractivity contribution in [3.63, 3.8) is 0 Å². The summed E-state index contributed by atoms with van der Waals surface area (Å²) in [6.07, 6.45) is 4.33. The Bertz CT molecular complexity index is 1230. The van der Waals surface area contributed by atoms with Crippen molar-refractivity contribution in [1.29, 1.82) is 0 Å². The molecule has 2 heterocycles. The minimum atomic E-state index is 0.622. The quantitative estimate of drug-likeness (QED) is 0.478. The average Bonchev–Trinajstić information content (AvgIpc) is 3.51. The first-order valence-corrected chi connectivity index (χ1v) is 10.0. The molecule has 5 rings (SSSR count). The molecule has 0 amide bonds. The molecular weight excluding hydrogens is 380 g/mol. The minimum absolute atomic E-state index is 0.622. The summed E-state index contributed by atoms with van der Waals surface area (Å²) in [7, 11) is 2.09. The Morgan fingerprint density at radius 2 is 1.79 bits per heavy atom. The Hall–Kier alpha value is -3.29. The molecular formula is C24H19ClN4. The van der Waals surface area contributed by atoms with E-state index in [0.29, 0.717) is 6.04 Å². The molecule has 2 aromatic heterocycles. The Morgan fingerprint density at radius 1 is 1.00 bits per heavy atom. The van der Waals surface area contributed by atoms with E-state index in [-0.39, 0.29) is 0 Å². The number of nitrogens with zero attached hydrogens (tertiary/aromatic N) is 3. The van der Waals surface area contributed by atoms with Gasteiger partial charge in [-0.2, -0.15) is 0 Å². The van der Waals surface area contributed by atoms with Gasteiger partial charge in [-0.1, -0.05) is 35.7 Å². The summed E-state index contributed by atoms with van der Waals surface area (Å²) in [5, 5.41) is 0.727. The number of fused-ring (bicyclic) bond motifs is 1. The highest BCUT2D eigenvalue weighted by atomic mass is 35.5. The van der Waals surface area contributed by atoms with Crippen LogP contribution in [0.25, 0.3) is 22.2 Å². The fourth-order valence-corrected chi connectivity index (χ4v) is 3.42. The standard InChI is InChI=1S/C24H19ClN4/c1-29(21-11-12-21)24-27-22-13-3-16(14-23(22)28-24)2-9-20-10-6-18(15-26-20)17-4-7-19(25)8-5-17/h3-8,10,13-15,21H,11-12H2,1H3,(H,27,28). The van der Waals surface area contributed by atoms with E-state index in [1.54, 1.807) is 0 Å². The van der Waals surface area contributed by atoms with Crippen LogP contribution >= 0.6 is 11.6 Å². The number of aromatic amines is 1. The van der Waals surface area contributed by atoms with Gasteiger partial charge in [-0.25, -0.2) is 9.97 Å². The van der Waals surface area contributed by atoms with Crippen molar-refractivity contribution < 1.29 is 0 Å². The lowest BCUT2D eigenvalue weighted by molar-refractivity contribution is 0.879. The fourth-order valence-electron chi connectivity index (χ4n) is 3.29. The molecule has 1 N–H and O–H groups in total. The normalized spacial score (nSPS) is 13.2. The zero-order valence-corrected chi connectivity index (χ0v) is 16.7. The first kappa shape index (κ1) is 17.8. The molecule has 29 heavy (non-hydrogen) atoms. The van der Waals surface area contributed by atoms with Crippen LogP contribution in [0.1, 0.15) is 24.1 Å². The third kappa shape index (κ3) is 3.83. The highest BCUT2D eigenvalue weighted by molar-refractivity contribution is 6.30. The maximum absolute atomic E-state index is 5.95. The van der Waals surface area contributed by atoms with Crippen LogP contribution in [-0.4, -0.2) is 28.0 Å². The average molecular weight is 399 g/mol. The van der Waals surface area contributed by atoms with Crippen molar-refractivity contribution >= 4 is 28.6 Å². The number of anilines is 1. The molecule has 1 fully saturated rings. The maximum atomic E-state index is 5.95. The van der Waals surface area contributed by atoms with E-state index in [1.165, 1.54) is 12.8 Å². The molecule has 1 aliphatic rings. The second-order valence-corrected chi connectivity index (χ2v) is 7.76. The second kappa shape index (κ2) is 7.27. The van der Waals surface area contributed by atoms with Gasteiger partial charge in [0.05, 0.1) is 11.0 Å². The SMILES string of the molecule is CN(c1nc2ccc(C#Cc3ccc(-c4ccc(Cl)cc4)cn3)cc2[nH]1)C1CC1. The van der Waals surface area contributed by atoms with Crippen LogP contribution in [0.2, 0.25) is 5.02 Å². The molecule has 0 unspecified atom stereocenters. The van der Waals surface area contributed by atoms with Gasteiger partial charge in [-0.3, -0.25) is 0 Å². The first-order chi connectivity index (χ1) is 14.2. The van der Waals surface area contributed by atoms with E-state index in [9.17, 15) is 0 Å². The van der Waals surface area contributed by atoms with E-state index in [0.717, 1.165) is 44.4 Å². The van der Waals surface area contributed by atoms with Crippen LogP contribution in [0.3, 0.4) is 0 Å². The van der Waals surface area contributed by atoms with Crippen LogP contribution in [0, 0.1) is 11.8 Å². The van der Waals surface area contributed by atoms with Gasteiger partial charge >= 0.3 is 0 Å². The van der Waals surface area contributed by atoms with Gasteiger partial charge in [0.15, 0.2) is 0 Å². The molecule has 1 aliphatic carbocycles. The highest BCUT2D eigenvalue weighted by Gasteiger charge is 2.28. The summed E-state index contributed by atoms with van der Waals surface area (Å²) < 4.78 is 0. The number of nitrogens with one attached hydrogen (secondary N) is 1. The van der Waals surface area contributed by atoms with Gasteiger partial charge in [-0.05, 0) is 60.7 Å². The van der Waals surface area contributed by atoms with Crippen LogP contribution in [0.15, 0.2) is 60.8 Å². The summed E-state index contributed by atoms with van der Waals surface area (Å²) in [6.45, 7) is 0. The molecule has 0 aliphatic heterocycles. The Labute approximate surface area is 174 Å². The molecule has 0 saturated heterocycles. The molecule has 0 bridgehead atoms. The van der Waals surface area contributed by atoms with Crippen molar-refractivity contribution in [2.24, 2.45) is 0 Å². The summed E-state index contributed by atoms with van der Waals surface area (Å²) in [5.41, 5.74) is 5.76. The first-order valence-electron chi connectivity index (χ1n) is 9.62. The largest absolute Gasteiger partial charge is 0.342 e. The zero-order valence-electron chi connectivity index (χ0n) is 16.0. The number of benzene rings is 2. The van der Waals surface area contributed by atoms with Gasteiger partial charge in [0.2, 0.25) is 5.95 Å². The molecule has 2 aromatic carbocycles. The van der Waals surface area contributed by atoms with Crippen LogP contribution in [-0.2, 0) is 0 Å². The predicted molar refractivity (Wildman–Crippen MR) is 118 cm³/mol. The minimum Gasteiger partial charge on any atom is -0.342 e. The maximum Gasteiger partial charge on any atom is 0.203 e. The van der Waals surface area contributed by atoms with Crippen molar-refractivity contribution in [2.45, 2.75) is 18.9 Å². The molecule has 0 atom stereocenters. The van der Waals surface area contributed by atoms with Crippen molar-refractivity contribution in [3.05, 3.63) is 77.1 Å². The Kier molecular flexibility index (Phi) is 4.46. The Morgan fingerprint density at radius 3 is 2.52 bits per heavy atom. The molecule has 0 spiro atoms. The summed E-state index contributed by atoms with van der Waals surface area (Å²) >= 11 is 5.95. The predicted octanol–water partition coefficient (Wildman–Crippen LogP) is 5.28. The number of pyridine rings is 1. The molecule has 1 saturated carbocycles. The lowest BCUT2D eigenvalue weighted by atomic mass is 10.1. The van der Waals surface area contributed by atoms with Gasteiger partial charge in [0.1, 0.15) is 5.69 Å². The van der Waals surface area contributed by atoms with Gasteiger partial charge in [0, 0.05) is 35.4 Å². The third-order valence-electron chi connectivity index (χ3n) is 5.17. The third-order valence-corrected chi connectivity index (χ3v) is 5.43. The van der Waals surface area contributed by atoms with Crippen LogP contribution in [0.4, 0.5) is 5.95 Å². The lowest BCUT2D eigenvalue weighted by Gasteiger charge is -2.13. The van der Waals surface area contributed by atoms with E-state index in [4.69, 9.17) is 11.6 Å². The van der Waals surface area contributed by atoms with Gasteiger partial charge < -0.3 is 9.88 Å². The number of hydrogen-bond donors (Lipinski definition) is 1. The van der Waals surface area contributed by atoms with Crippen LogP contribution < -0.4 is 4.90 Å². The number of aromatic nitrogens is 3. The zero-order chi connectivity index (χ0) is 19.8. The number of halogens is 1. The number of hydrogen-bond acceptors (Lipinski definition) is 3. The van der Waals surface area contributed by atoms with Gasteiger partial charge in [-0.15, -0.1) is 0 Å². The van der Waals surface area contributed by atoms with E-state index in [2.05, 4.69) is 38.7 Å². The van der Waals surface area contributed by atoms with Crippen molar-refractivity contribution in [2.75, 3.05) is 11.9 Å². The fraction of sp³-hybridized carbons (Fsp3) is 0.167. The van der Waals surface area contributed by atoms with E-state index in [1.807, 2.05) is 60.8 Å². The molecule has 0 radical (unpaired) electrons. The number of imidazole rings is 1. The lowest BCUT2D eigenvalue weighted by Crippen LogP contribution is -2.20.